The first kappa shape index (κ1) is 24.8. The van der Waals surface area contributed by atoms with Crippen LogP contribution in [0.15, 0.2) is 91.0 Å². The van der Waals surface area contributed by atoms with Gasteiger partial charge in [0.25, 0.3) is 0 Å². The maximum atomic E-state index is 9.11. The molecule has 170 valence electrons. The molecule has 3 rings (SSSR count). The fourth-order valence-electron chi connectivity index (χ4n) is 4.48. The standard InChI is InChI=1S/C27H33O3PS/c28-31(29,32)30-23-15-4-2-1-3-14-22-27(24-16-8-5-9-17-24,25-18-10-6-11-19-25)26-20-12-7-13-21-26/h5-13,16-21H,1-4,14-15,22-23H2,(H2,28,29,32). The van der Waals surface area contributed by atoms with E-state index in [4.69, 9.17) is 14.3 Å². The van der Waals surface area contributed by atoms with Crippen LogP contribution in [0.1, 0.15) is 61.6 Å². The lowest BCUT2D eigenvalue weighted by Gasteiger charge is -2.36. The molecule has 32 heavy (non-hydrogen) atoms. The van der Waals surface area contributed by atoms with Gasteiger partial charge in [0.15, 0.2) is 0 Å². The minimum atomic E-state index is -3.51. The summed E-state index contributed by atoms with van der Waals surface area (Å²) in [6.07, 6.45) is 7.42. The summed E-state index contributed by atoms with van der Waals surface area (Å²) in [6, 6.07) is 32.6. The molecule has 3 aromatic carbocycles. The van der Waals surface area contributed by atoms with Crippen LogP contribution in [0.5, 0.6) is 0 Å². The largest absolute Gasteiger partial charge is 0.325 e. The molecular formula is C27H33O3PS. The number of rotatable bonds is 13. The van der Waals surface area contributed by atoms with E-state index < -0.39 is 6.72 Å². The van der Waals surface area contributed by atoms with Gasteiger partial charge in [-0.05, 0) is 41.3 Å². The summed E-state index contributed by atoms with van der Waals surface area (Å²) in [5.41, 5.74) is 3.82. The van der Waals surface area contributed by atoms with Crippen molar-refractivity contribution in [2.24, 2.45) is 0 Å². The van der Waals surface area contributed by atoms with Gasteiger partial charge in [-0.15, -0.1) is 0 Å². The Bertz CT molecular complexity index is 861. The second kappa shape index (κ2) is 12.4. The fourth-order valence-corrected chi connectivity index (χ4v) is 5.07. The highest BCUT2D eigenvalue weighted by Crippen LogP contribution is 2.43. The summed E-state index contributed by atoms with van der Waals surface area (Å²) in [5, 5.41) is 0. The highest BCUT2D eigenvalue weighted by atomic mass is 32.5. The zero-order chi connectivity index (χ0) is 22.7. The molecule has 5 heteroatoms. The molecule has 0 atom stereocenters. The predicted octanol–water partition coefficient (Wildman–Crippen LogP) is 6.98. The summed E-state index contributed by atoms with van der Waals surface area (Å²) in [7, 11) is 0. The van der Waals surface area contributed by atoms with E-state index in [9.17, 15) is 0 Å². The van der Waals surface area contributed by atoms with Crippen molar-refractivity contribution in [1.29, 1.82) is 0 Å². The molecule has 3 aromatic rings. The highest BCUT2D eigenvalue weighted by molar-refractivity contribution is 8.06. The summed E-state index contributed by atoms with van der Waals surface area (Å²) in [6.45, 7) is -3.18. The molecule has 0 fully saturated rings. The van der Waals surface area contributed by atoms with Gasteiger partial charge in [-0.2, -0.15) is 0 Å². The maximum Gasteiger partial charge on any atom is 0.321 e. The third-order valence-corrected chi connectivity index (χ3v) is 6.84. The zero-order valence-corrected chi connectivity index (χ0v) is 20.2. The number of hydrogen-bond donors (Lipinski definition) is 2. The second-order valence-corrected chi connectivity index (χ2v) is 10.9. The van der Waals surface area contributed by atoms with Gasteiger partial charge in [0.05, 0.1) is 6.61 Å². The molecule has 0 spiro atoms. The van der Waals surface area contributed by atoms with Crippen molar-refractivity contribution in [2.75, 3.05) is 6.61 Å². The number of benzene rings is 3. The van der Waals surface area contributed by atoms with Crippen LogP contribution in [-0.2, 0) is 21.7 Å². The monoisotopic (exact) mass is 468 g/mol. The molecule has 0 saturated carbocycles. The van der Waals surface area contributed by atoms with Crippen LogP contribution in [0.4, 0.5) is 0 Å². The Kier molecular flexibility index (Phi) is 9.65. The van der Waals surface area contributed by atoms with Gasteiger partial charge in [-0.25, -0.2) is 0 Å². The Labute approximate surface area is 197 Å². The van der Waals surface area contributed by atoms with Crippen LogP contribution >= 0.6 is 6.72 Å². The lowest BCUT2D eigenvalue weighted by atomic mass is 9.66. The first-order valence-corrected chi connectivity index (χ1v) is 14.0. The third kappa shape index (κ3) is 7.10. The Morgan fingerprint density at radius 3 is 1.38 bits per heavy atom. The third-order valence-electron chi connectivity index (χ3n) is 6.01. The Morgan fingerprint density at radius 2 is 0.969 bits per heavy atom. The molecule has 0 aliphatic rings. The van der Waals surface area contributed by atoms with Crippen LogP contribution in [0, 0.1) is 0 Å². The smallest absolute Gasteiger partial charge is 0.321 e. The van der Waals surface area contributed by atoms with Gasteiger partial charge >= 0.3 is 6.72 Å². The molecule has 0 bridgehead atoms. The van der Waals surface area contributed by atoms with E-state index in [2.05, 4.69) is 103 Å². The normalized spacial score (nSPS) is 12.1. The quantitative estimate of drug-likeness (QED) is 0.161. The Hall–Kier alpha value is -1.81. The maximum absolute atomic E-state index is 9.11. The molecule has 0 amide bonds. The van der Waals surface area contributed by atoms with Crippen LogP contribution in [0.25, 0.3) is 0 Å². The average Bonchev–Trinajstić information content (AvgIpc) is 2.82. The molecule has 0 aromatic heterocycles. The predicted molar refractivity (Wildman–Crippen MR) is 136 cm³/mol. The SMILES string of the molecule is OP(O)(=S)OCCCCCCCCC(c1ccccc1)(c1ccccc1)c1ccccc1. The first-order chi connectivity index (χ1) is 15.5. The van der Waals surface area contributed by atoms with E-state index in [1.807, 2.05) is 0 Å². The Morgan fingerprint density at radius 1 is 0.594 bits per heavy atom. The molecule has 0 unspecified atom stereocenters. The second-order valence-electron chi connectivity index (χ2n) is 8.20. The van der Waals surface area contributed by atoms with Crippen LogP contribution in [-0.4, -0.2) is 16.4 Å². The van der Waals surface area contributed by atoms with E-state index in [-0.39, 0.29) is 5.41 Å². The van der Waals surface area contributed by atoms with E-state index in [0.717, 1.165) is 44.9 Å². The molecule has 0 radical (unpaired) electrons. The molecule has 0 aliphatic heterocycles. The van der Waals surface area contributed by atoms with Crippen molar-refractivity contribution in [1.82, 2.24) is 0 Å². The van der Waals surface area contributed by atoms with Gasteiger partial charge in [0.1, 0.15) is 0 Å². The molecule has 3 nitrogen and oxygen atoms in total. The summed E-state index contributed by atoms with van der Waals surface area (Å²) >= 11 is 4.48. The molecular weight excluding hydrogens is 435 g/mol. The van der Waals surface area contributed by atoms with E-state index in [1.54, 1.807) is 0 Å². The van der Waals surface area contributed by atoms with Gasteiger partial charge in [-0.3, -0.25) is 0 Å². The topological polar surface area (TPSA) is 49.7 Å². The van der Waals surface area contributed by atoms with Crippen molar-refractivity contribution in [2.45, 2.75) is 50.4 Å². The van der Waals surface area contributed by atoms with E-state index >= 15 is 0 Å². The first-order valence-electron chi connectivity index (χ1n) is 11.4. The van der Waals surface area contributed by atoms with Gasteiger partial charge < -0.3 is 14.3 Å². The fraction of sp³-hybridized carbons (Fsp3) is 0.333. The summed E-state index contributed by atoms with van der Waals surface area (Å²) < 4.78 is 4.89. The van der Waals surface area contributed by atoms with Crippen LogP contribution in [0.3, 0.4) is 0 Å². The highest BCUT2D eigenvalue weighted by Gasteiger charge is 2.35. The van der Waals surface area contributed by atoms with Gasteiger partial charge in [0, 0.05) is 5.41 Å². The minimum Gasteiger partial charge on any atom is -0.325 e. The van der Waals surface area contributed by atoms with Crippen molar-refractivity contribution < 1.29 is 14.3 Å². The van der Waals surface area contributed by atoms with Gasteiger partial charge in [0.2, 0.25) is 0 Å². The van der Waals surface area contributed by atoms with Crippen molar-refractivity contribution in [3.63, 3.8) is 0 Å². The minimum absolute atomic E-state index is 0.170. The molecule has 2 N–H and O–H groups in total. The van der Waals surface area contributed by atoms with Crippen LogP contribution in [0.2, 0.25) is 0 Å². The van der Waals surface area contributed by atoms with Crippen LogP contribution < -0.4 is 0 Å². The Balaban J connectivity index is 1.69. The van der Waals surface area contributed by atoms with Crippen molar-refractivity contribution >= 4 is 18.5 Å². The van der Waals surface area contributed by atoms with Gasteiger partial charge in [-0.1, -0.05) is 123 Å². The molecule has 0 aliphatic carbocycles. The summed E-state index contributed by atoms with van der Waals surface area (Å²) in [4.78, 5) is 18.2. The number of unbranched alkanes of at least 4 members (excludes halogenated alkanes) is 5. The van der Waals surface area contributed by atoms with Crippen molar-refractivity contribution in [3.05, 3.63) is 108 Å². The molecule has 0 heterocycles. The number of hydrogen-bond acceptors (Lipinski definition) is 2. The average molecular weight is 469 g/mol. The van der Waals surface area contributed by atoms with E-state index in [1.165, 1.54) is 16.7 Å². The lowest BCUT2D eigenvalue weighted by molar-refractivity contribution is 0.245. The molecule has 0 saturated heterocycles. The van der Waals surface area contributed by atoms with Crippen molar-refractivity contribution in [3.8, 4) is 0 Å². The van der Waals surface area contributed by atoms with E-state index in [0.29, 0.717) is 6.61 Å². The summed E-state index contributed by atoms with van der Waals surface area (Å²) in [5.74, 6) is 0. The lowest BCUT2D eigenvalue weighted by Crippen LogP contribution is -2.29. The zero-order valence-electron chi connectivity index (χ0n) is 18.5.